The molecular formula is C19H14N. The van der Waals surface area contributed by atoms with Crippen LogP contribution in [0.25, 0.3) is 11.1 Å². The molecule has 0 bridgehead atoms. The van der Waals surface area contributed by atoms with Crippen LogP contribution in [-0.4, -0.2) is 0 Å². The highest BCUT2D eigenvalue weighted by molar-refractivity contribution is 5.81. The maximum absolute atomic E-state index is 7.92. The van der Waals surface area contributed by atoms with Crippen molar-refractivity contribution in [1.82, 2.24) is 5.73 Å². The van der Waals surface area contributed by atoms with Crippen LogP contribution in [0.5, 0.6) is 0 Å². The Labute approximate surface area is 118 Å². The normalized spacial score (nSPS) is 15.7. The first-order valence-electron chi connectivity index (χ1n) is 6.84. The Balaban J connectivity index is 2.02. The van der Waals surface area contributed by atoms with Crippen molar-refractivity contribution in [1.29, 1.82) is 0 Å². The molecule has 0 fully saturated rings. The van der Waals surface area contributed by atoms with Crippen molar-refractivity contribution in [3.63, 3.8) is 0 Å². The maximum atomic E-state index is 7.92. The molecule has 1 aliphatic rings. The van der Waals surface area contributed by atoms with Crippen molar-refractivity contribution in [3.05, 3.63) is 89.5 Å². The van der Waals surface area contributed by atoms with E-state index in [0.717, 1.165) is 0 Å². The summed E-state index contributed by atoms with van der Waals surface area (Å²) in [4.78, 5) is 0. The van der Waals surface area contributed by atoms with E-state index < -0.39 is 0 Å². The highest BCUT2D eigenvalue weighted by Crippen LogP contribution is 2.48. The molecule has 20 heavy (non-hydrogen) atoms. The van der Waals surface area contributed by atoms with Gasteiger partial charge in [-0.2, -0.15) is 0 Å². The summed E-state index contributed by atoms with van der Waals surface area (Å²) in [7, 11) is 0. The van der Waals surface area contributed by atoms with E-state index in [0.29, 0.717) is 5.69 Å². The van der Waals surface area contributed by atoms with Gasteiger partial charge < -0.3 is 5.73 Å². The number of benzene rings is 3. The van der Waals surface area contributed by atoms with Gasteiger partial charge in [-0.15, -0.1) is 0 Å². The molecule has 3 aromatic carbocycles. The highest BCUT2D eigenvalue weighted by atomic mass is 14.5. The van der Waals surface area contributed by atoms with Gasteiger partial charge in [0.25, 0.3) is 0 Å². The SMILES string of the molecule is [NH]c1ccc2c(c1)C(c1ccccc1)c1ccccc1-2. The summed E-state index contributed by atoms with van der Waals surface area (Å²) in [5.74, 6) is 0.257. The van der Waals surface area contributed by atoms with E-state index in [4.69, 9.17) is 5.73 Å². The van der Waals surface area contributed by atoms with Gasteiger partial charge in [0.15, 0.2) is 0 Å². The van der Waals surface area contributed by atoms with E-state index in [-0.39, 0.29) is 5.92 Å². The minimum Gasteiger partial charge on any atom is -0.301 e. The van der Waals surface area contributed by atoms with Crippen LogP contribution in [0.3, 0.4) is 0 Å². The monoisotopic (exact) mass is 256 g/mol. The molecule has 0 heterocycles. The topological polar surface area (TPSA) is 23.8 Å². The smallest absolute Gasteiger partial charge is 0.0543 e. The molecule has 0 spiro atoms. The molecule has 1 atom stereocenters. The molecule has 4 rings (SSSR count). The lowest BCUT2D eigenvalue weighted by molar-refractivity contribution is 1.01. The zero-order valence-corrected chi connectivity index (χ0v) is 11.0. The van der Waals surface area contributed by atoms with Crippen molar-refractivity contribution in [2.75, 3.05) is 0 Å². The quantitative estimate of drug-likeness (QED) is 0.469. The van der Waals surface area contributed by atoms with Crippen LogP contribution in [0.4, 0.5) is 5.69 Å². The van der Waals surface area contributed by atoms with E-state index in [1.165, 1.54) is 27.8 Å². The van der Waals surface area contributed by atoms with E-state index in [1.54, 1.807) is 0 Å². The standard InChI is InChI=1S/C19H14N/c20-14-10-11-16-15-8-4-5-9-17(15)19(18(16)12-14)13-6-2-1-3-7-13/h1-12,19-20H. The lowest BCUT2D eigenvalue weighted by Gasteiger charge is -2.14. The van der Waals surface area contributed by atoms with Crippen molar-refractivity contribution >= 4 is 5.69 Å². The second-order valence-electron chi connectivity index (χ2n) is 5.23. The van der Waals surface area contributed by atoms with Gasteiger partial charge >= 0.3 is 0 Å². The fourth-order valence-corrected chi connectivity index (χ4v) is 3.21. The minimum absolute atomic E-state index is 0.257. The van der Waals surface area contributed by atoms with Crippen LogP contribution in [0, 0.1) is 0 Å². The molecule has 1 aliphatic carbocycles. The molecule has 0 amide bonds. The van der Waals surface area contributed by atoms with E-state index in [1.807, 2.05) is 18.2 Å². The Kier molecular flexibility index (Phi) is 2.40. The summed E-state index contributed by atoms with van der Waals surface area (Å²) < 4.78 is 0. The van der Waals surface area contributed by atoms with Crippen LogP contribution in [0.1, 0.15) is 22.6 Å². The molecule has 0 saturated carbocycles. The zero-order valence-electron chi connectivity index (χ0n) is 11.0. The lowest BCUT2D eigenvalue weighted by Crippen LogP contribution is -1.98. The number of fused-ring (bicyclic) bond motifs is 3. The predicted molar refractivity (Wildman–Crippen MR) is 82.0 cm³/mol. The molecule has 3 aromatic rings. The molecule has 1 unspecified atom stereocenters. The Bertz CT molecular complexity index is 775. The van der Waals surface area contributed by atoms with E-state index in [9.17, 15) is 0 Å². The van der Waals surface area contributed by atoms with Gasteiger partial charge in [-0.05, 0) is 39.9 Å². The molecule has 1 heteroatoms. The van der Waals surface area contributed by atoms with Gasteiger partial charge in [-0.3, -0.25) is 0 Å². The number of rotatable bonds is 1. The number of nitrogens with one attached hydrogen (secondary N) is 1. The first-order valence-corrected chi connectivity index (χ1v) is 6.84. The summed E-state index contributed by atoms with van der Waals surface area (Å²) >= 11 is 0. The fourth-order valence-electron chi connectivity index (χ4n) is 3.21. The molecule has 0 saturated heterocycles. The summed E-state index contributed by atoms with van der Waals surface area (Å²) in [5, 5.41) is 0. The maximum Gasteiger partial charge on any atom is 0.0543 e. The largest absolute Gasteiger partial charge is 0.301 e. The first-order chi connectivity index (χ1) is 9.84. The molecule has 0 aliphatic heterocycles. The second kappa shape index (κ2) is 4.24. The van der Waals surface area contributed by atoms with Gasteiger partial charge in [-0.25, -0.2) is 0 Å². The summed E-state index contributed by atoms with van der Waals surface area (Å²) in [5.41, 5.74) is 15.0. The Morgan fingerprint density at radius 1 is 0.650 bits per heavy atom. The Morgan fingerprint density at radius 2 is 1.35 bits per heavy atom. The van der Waals surface area contributed by atoms with Crippen molar-refractivity contribution in [3.8, 4) is 11.1 Å². The molecule has 95 valence electrons. The van der Waals surface area contributed by atoms with Gasteiger partial charge in [0.2, 0.25) is 0 Å². The van der Waals surface area contributed by atoms with Crippen LogP contribution in [-0.2, 0) is 0 Å². The van der Waals surface area contributed by atoms with Gasteiger partial charge in [0.1, 0.15) is 0 Å². The molecule has 0 aromatic heterocycles. The minimum atomic E-state index is 0.257. The van der Waals surface area contributed by atoms with Crippen LogP contribution < -0.4 is 5.73 Å². The zero-order chi connectivity index (χ0) is 13.5. The Hall–Kier alpha value is -2.54. The highest BCUT2D eigenvalue weighted by Gasteiger charge is 2.29. The van der Waals surface area contributed by atoms with Crippen molar-refractivity contribution in [2.24, 2.45) is 0 Å². The third-order valence-electron chi connectivity index (χ3n) is 4.06. The van der Waals surface area contributed by atoms with Gasteiger partial charge in [-0.1, -0.05) is 60.7 Å². The molecule has 1 N–H and O–H groups in total. The molecule has 1 nitrogen and oxygen atoms in total. The second-order valence-corrected chi connectivity index (χ2v) is 5.23. The lowest BCUT2D eigenvalue weighted by atomic mass is 9.89. The predicted octanol–water partition coefficient (Wildman–Crippen LogP) is 4.76. The van der Waals surface area contributed by atoms with Crippen molar-refractivity contribution < 1.29 is 0 Å². The van der Waals surface area contributed by atoms with Crippen LogP contribution >= 0.6 is 0 Å². The Morgan fingerprint density at radius 3 is 2.20 bits per heavy atom. The summed E-state index contributed by atoms with van der Waals surface area (Å²) in [6.07, 6.45) is 0. The average molecular weight is 256 g/mol. The molecule has 1 radical (unpaired) electrons. The number of hydrogen-bond donors (Lipinski definition) is 0. The van der Waals surface area contributed by atoms with Gasteiger partial charge in [0, 0.05) is 5.92 Å². The van der Waals surface area contributed by atoms with Crippen molar-refractivity contribution in [2.45, 2.75) is 5.92 Å². The summed E-state index contributed by atoms with van der Waals surface area (Å²) in [6.45, 7) is 0. The average Bonchev–Trinajstić information content (AvgIpc) is 2.81. The van der Waals surface area contributed by atoms with E-state index in [2.05, 4.69) is 54.6 Å². The third kappa shape index (κ3) is 1.56. The first kappa shape index (κ1) is 11.3. The summed E-state index contributed by atoms with van der Waals surface area (Å²) in [6, 6.07) is 25.1. The van der Waals surface area contributed by atoms with Crippen LogP contribution in [0.15, 0.2) is 72.8 Å². The van der Waals surface area contributed by atoms with E-state index >= 15 is 0 Å². The fraction of sp³-hybridized carbons (Fsp3) is 0.0526. The van der Waals surface area contributed by atoms with Crippen LogP contribution in [0.2, 0.25) is 0 Å². The van der Waals surface area contributed by atoms with Gasteiger partial charge in [0.05, 0.1) is 5.69 Å². The number of hydrogen-bond acceptors (Lipinski definition) is 0. The molecular weight excluding hydrogens is 242 g/mol. The third-order valence-corrected chi connectivity index (χ3v) is 4.06.